The molecule has 6 nitrogen and oxygen atoms in total. The number of hydrogen-bond donors (Lipinski definition) is 2. The lowest BCUT2D eigenvalue weighted by Crippen LogP contribution is -2.55. The number of likely N-dealkylation sites (N-methyl/N-ethyl adjacent to an activating group) is 1. The molecule has 1 unspecified atom stereocenters. The molecule has 3 rings (SSSR count). The molecular weight excluding hydrogens is 474 g/mol. The SMILES string of the molecule is CN(C)C1(Cc2ccccc2Cl)CCC(NC(=O)C(Cc2ccccc2)NC(=O)OC(C)(C)C)CC1. The van der Waals surface area contributed by atoms with Gasteiger partial charge >= 0.3 is 6.09 Å². The second-order valence-electron chi connectivity index (χ2n) is 11.1. The van der Waals surface area contributed by atoms with Gasteiger partial charge in [-0.1, -0.05) is 60.1 Å². The maximum absolute atomic E-state index is 13.3. The Bertz CT molecular complexity index is 1010. The standard InChI is InChI=1S/C29H40ClN3O3/c1-28(2,3)36-27(35)32-25(19-21-11-7-6-8-12-21)26(34)31-23-15-17-29(18-16-23,33(4)5)20-22-13-9-10-14-24(22)30/h6-14,23,25H,15-20H2,1-5H3,(H,31,34)(H,32,35). The summed E-state index contributed by atoms with van der Waals surface area (Å²) in [6, 6.07) is 17.1. The third kappa shape index (κ3) is 7.97. The summed E-state index contributed by atoms with van der Waals surface area (Å²) in [5.41, 5.74) is 1.48. The molecule has 0 radical (unpaired) electrons. The molecule has 1 fully saturated rings. The van der Waals surface area contributed by atoms with Gasteiger partial charge in [0.1, 0.15) is 11.6 Å². The van der Waals surface area contributed by atoms with Gasteiger partial charge in [0.05, 0.1) is 0 Å². The predicted octanol–water partition coefficient (Wildman–Crippen LogP) is 5.38. The van der Waals surface area contributed by atoms with Crippen molar-refractivity contribution in [2.24, 2.45) is 0 Å². The first kappa shape index (κ1) is 28.0. The van der Waals surface area contributed by atoms with Crippen molar-refractivity contribution in [1.29, 1.82) is 0 Å². The van der Waals surface area contributed by atoms with Gasteiger partial charge in [0.25, 0.3) is 0 Å². The Labute approximate surface area is 220 Å². The van der Waals surface area contributed by atoms with Crippen LogP contribution in [-0.2, 0) is 22.4 Å². The molecule has 1 atom stereocenters. The molecule has 2 aromatic rings. The molecule has 0 heterocycles. The molecule has 0 bridgehead atoms. The average Bonchev–Trinajstić information content (AvgIpc) is 2.81. The van der Waals surface area contributed by atoms with Gasteiger partial charge in [0.15, 0.2) is 0 Å². The van der Waals surface area contributed by atoms with Crippen molar-refractivity contribution in [2.45, 2.75) is 82.5 Å². The Balaban J connectivity index is 1.65. The third-order valence-electron chi connectivity index (χ3n) is 6.98. The lowest BCUT2D eigenvalue weighted by molar-refractivity contribution is -0.124. The van der Waals surface area contributed by atoms with Gasteiger partial charge in [-0.05, 0) is 84.2 Å². The fourth-order valence-corrected chi connectivity index (χ4v) is 5.09. The zero-order chi connectivity index (χ0) is 26.3. The molecule has 2 amide bonds. The van der Waals surface area contributed by atoms with E-state index in [1.165, 1.54) is 0 Å². The van der Waals surface area contributed by atoms with Crippen molar-refractivity contribution in [3.63, 3.8) is 0 Å². The van der Waals surface area contributed by atoms with Crippen molar-refractivity contribution in [2.75, 3.05) is 14.1 Å². The van der Waals surface area contributed by atoms with E-state index in [1.54, 1.807) is 20.8 Å². The minimum absolute atomic E-state index is 0.00950. The number of nitrogens with zero attached hydrogens (tertiary/aromatic N) is 1. The first-order chi connectivity index (χ1) is 17.0. The van der Waals surface area contributed by atoms with Gasteiger partial charge in [-0.2, -0.15) is 0 Å². The molecule has 0 spiro atoms. The molecular formula is C29H40ClN3O3. The Kier molecular flexibility index (Phi) is 9.42. The minimum Gasteiger partial charge on any atom is -0.444 e. The Morgan fingerprint density at radius 2 is 1.67 bits per heavy atom. The van der Waals surface area contributed by atoms with Gasteiger partial charge in [-0.15, -0.1) is 0 Å². The van der Waals surface area contributed by atoms with E-state index in [0.717, 1.165) is 48.3 Å². The van der Waals surface area contributed by atoms with Crippen LogP contribution in [0.5, 0.6) is 0 Å². The summed E-state index contributed by atoms with van der Waals surface area (Å²) in [6.45, 7) is 5.42. The molecule has 7 heteroatoms. The lowest BCUT2D eigenvalue weighted by Gasteiger charge is -2.45. The molecule has 0 aliphatic heterocycles. The summed E-state index contributed by atoms with van der Waals surface area (Å²) in [5, 5.41) is 6.79. The quantitative estimate of drug-likeness (QED) is 0.497. The number of carbonyl (C=O) groups is 2. The van der Waals surface area contributed by atoms with Crippen LogP contribution in [0.25, 0.3) is 0 Å². The summed E-state index contributed by atoms with van der Waals surface area (Å²) >= 11 is 6.47. The second kappa shape index (κ2) is 12.1. The van der Waals surface area contributed by atoms with E-state index in [4.69, 9.17) is 16.3 Å². The normalized spacial score (nSPS) is 21.0. The number of nitrogens with one attached hydrogen (secondary N) is 2. The van der Waals surface area contributed by atoms with E-state index >= 15 is 0 Å². The van der Waals surface area contributed by atoms with E-state index < -0.39 is 17.7 Å². The van der Waals surface area contributed by atoms with E-state index in [9.17, 15) is 9.59 Å². The van der Waals surface area contributed by atoms with E-state index in [1.807, 2.05) is 48.5 Å². The van der Waals surface area contributed by atoms with Crippen LogP contribution in [0.2, 0.25) is 5.02 Å². The van der Waals surface area contributed by atoms with E-state index in [2.05, 4.69) is 35.7 Å². The van der Waals surface area contributed by atoms with Gasteiger partial charge in [-0.3, -0.25) is 4.79 Å². The van der Waals surface area contributed by atoms with Gasteiger partial charge < -0.3 is 20.3 Å². The number of alkyl carbamates (subject to hydrolysis) is 1. The van der Waals surface area contributed by atoms with Gasteiger partial charge in [0, 0.05) is 23.0 Å². The zero-order valence-electron chi connectivity index (χ0n) is 22.1. The molecule has 2 aromatic carbocycles. The first-order valence-electron chi connectivity index (χ1n) is 12.7. The van der Waals surface area contributed by atoms with Crippen LogP contribution in [-0.4, -0.2) is 54.2 Å². The molecule has 1 aliphatic carbocycles. The Hall–Kier alpha value is -2.57. The van der Waals surface area contributed by atoms with Crippen LogP contribution < -0.4 is 10.6 Å². The summed E-state index contributed by atoms with van der Waals surface area (Å²) < 4.78 is 5.42. The summed E-state index contributed by atoms with van der Waals surface area (Å²) in [5.74, 6) is -0.182. The molecule has 0 saturated heterocycles. The highest BCUT2D eigenvalue weighted by Gasteiger charge is 2.38. The predicted molar refractivity (Wildman–Crippen MR) is 145 cm³/mol. The van der Waals surface area contributed by atoms with Crippen molar-refractivity contribution < 1.29 is 14.3 Å². The van der Waals surface area contributed by atoms with Crippen LogP contribution in [0.1, 0.15) is 57.6 Å². The number of carbonyl (C=O) groups excluding carboxylic acids is 2. The maximum atomic E-state index is 13.3. The summed E-state index contributed by atoms with van der Waals surface area (Å²) in [7, 11) is 4.24. The zero-order valence-corrected chi connectivity index (χ0v) is 22.9. The highest BCUT2D eigenvalue weighted by Crippen LogP contribution is 2.37. The lowest BCUT2D eigenvalue weighted by atomic mass is 9.74. The molecule has 196 valence electrons. The largest absolute Gasteiger partial charge is 0.444 e. The number of benzene rings is 2. The first-order valence-corrected chi connectivity index (χ1v) is 13.1. The molecule has 1 saturated carbocycles. The van der Waals surface area contributed by atoms with Crippen LogP contribution in [0.15, 0.2) is 54.6 Å². The maximum Gasteiger partial charge on any atom is 0.408 e. The average molecular weight is 514 g/mol. The van der Waals surface area contributed by atoms with Crippen molar-refractivity contribution in [3.05, 3.63) is 70.7 Å². The van der Waals surface area contributed by atoms with Crippen molar-refractivity contribution in [3.8, 4) is 0 Å². The minimum atomic E-state index is -0.717. The van der Waals surface area contributed by atoms with Gasteiger partial charge in [-0.25, -0.2) is 4.79 Å². The van der Waals surface area contributed by atoms with Crippen LogP contribution in [0, 0.1) is 0 Å². The second-order valence-corrected chi connectivity index (χ2v) is 11.5. The molecule has 2 N–H and O–H groups in total. The van der Waals surface area contributed by atoms with E-state index in [-0.39, 0.29) is 17.5 Å². The summed E-state index contributed by atoms with van der Waals surface area (Å²) in [4.78, 5) is 28.1. The number of amides is 2. The molecule has 36 heavy (non-hydrogen) atoms. The highest BCUT2D eigenvalue weighted by atomic mass is 35.5. The number of rotatable bonds is 8. The Morgan fingerprint density at radius 1 is 1.06 bits per heavy atom. The number of hydrogen-bond acceptors (Lipinski definition) is 4. The van der Waals surface area contributed by atoms with Crippen molar-refractivity contribution in [1.82, 2.24) is 15.5 Å². The van der Waals surface area contributed by atoms with Crippen LogP contribution in [0.4, 0.5) is 4.79 Å². The topological polar surface area (TPSA) is 70.7 Å². The molecule has 1 aliphatic rings. The van der Waals surface area contributed by atoms with Crippen LogP contribution in [0.3, 0.4) is 0 Å². The van der Waals surface area contributed by atoms with E-state index in [0.29, 0.717) is 6.42 Å². The number of halogens is 1. The number of ether oxygens (including phenoxy) is 1. The van der Waals surface area contributed by atoms with Gasteiger partial charge in [0.2, 0.25) is 5.91 Å². The fraction of sp³-hybridized carbons (Fsp3) is 0.517. The van der Waals surface area contributed by atoms with Crippen molar-refractivity contribution >= 4 is 23.6 Å². The smallest absolute Gasteiger partial charge is 0.408 e. The third-order valence-corrected chi connectivity index (χ3v) is 7.35. The van der Waals surface area contributed by atoms with Crippen LogP contribution >= 0.6 is 11.6 Å². The molecule has 0 aromatic heterocycles. The summed E-state index contributed by atoms with van der Waals surface area (Å²) in [6.07, 6.45) is 4.29. The highest BCUT2D eigenvalue weighted by molar-refractivity contribution is 6.31. The Morgan fingerprint density at radius 3 is 2.25 bits per heavy atom. The monoisotopic (exact) mass is 513 g/mol. The fourth-order valence-electron chi connectivity index (χ4n) is 4.89.